The van der Waals surface area contributed by atoms with Crippen molar-refractivity contribution in [3.63, 3.8) is 0 Å². The lowest BCUT2D eigenvalue weighted by molar-refractivity contribution is -0.384. The van der Waals surface area contributed by atoms with E-state index in [1.807, 2.05) is 51.1 Å². The molecule has 1 aliphatic heterocycles. The van der Waals surface area contributed by atoms with E-state index in [-0.39, 0.29) is 35.5 Å². The van der Waals surface area contributed by atoms with Crippen LogP contribution in [0.2, 0.25) is 0 Å². The van der Waals surface area contributed by atoms with Crippen LogP contribution in [0.1, 0.15) is 39.2 Å². The van der Waals surface area contributed by atoms with Crippen molar-refractivity contribution in [2.75, 3.05) is 5.32 Å². The maximum absolute atomic E-state index is 13.7. The molecule has 8 nitrogen and oxygen atoms in total. The van der Waals surface area contributed by atoms with Crippen molar-refractivity contribution in [1.29, 1.82) is 0 Å². The van der Waals surface area contributed by atoms with E-state index in [1.54, 1.807) is 6.07 Å². The van der Waals surface area contributed by atoms with Crippen LogP contribution >= 0.6 is 0 Å². The van der Waals surface area contributed by atoms with Gasteiger partial charge in [-0.05, 0) is 29.9 Å². The molecular formula is C25H27N3O5. The minimum Gasteiger partial charge on any atom is -0.324 e. The number of anilines is 1. The topological polar surface area (TPSA) is 110 Å². The minimum atomic E-state index is -1.07. The standard InChI is InChI=1S/C25H27N3O5/c1-24(2)19-12-13-25(24,3)23(31)27(22(19)30)20(14-16-8-5-4-6-9-16)21(29)26-17-10-7-11-18(15-17)28(32)33/h4-11,15,19-20H,12-14H2,1-3H3,(H,26,29). The summed E-state index contributed by atoms with van der Waals surface area (Å²) < 4.78 is 0. The Bertz CT molecular complexity index is 1130. The Morgan fingerprint density at radius 3 is 2.52 bits per heavy atom. The molecule has 2 aromatic rings. The number of amides is 3. The molecule has 33 heavy (non-hydrogen) atoms. The van der Waals surface area contributed by atoms with Crippen molar-refractivity contribution < 1.29 is 19.3 Å². The molecule has 0 spiro atoms. The SMILES string of the molecule is CC12CCC(C(=O)N(C(Cc3ccccc3)C(=O)Nc3cccc([N+](=O)[O-])c3)C1=O)C2(C)C. The number of fused-ring (bicyclic) bond motifs is 2. The normalized spacial score (nSPS) is 24.5. The van der Waals surface area contributed by atoms with E-state index in [0.717, 1.165) is 10.5 Å². The molecular weight excluding hydrogens is 422 g/mol. The highest BCUT2D eigenvalue weighted by Gasteiger charge is 2.65. The summed E-state index contributed by atoms with van der Waals surface area (Å²) in [7, 11) is 0. The van der Waals surface area contributed by atoms with Gasteiger partial charge in [-0.15, -0.1) is 0 Å². The number of non-ortho nitro benzene ring substituents is 1. The van der Waals surface area contributed by atoms with Gasteiger partial charge in [-0.2, -0.15) is 0 Å². The zero-order valence-corrected chi connectivity index (χ0v) is 18.9. The van der Waals surface area contributed by atoms with E-state index in [4.69, 9.17) is 0 Å². The number of imide groups is 1. The molecule has 3 amide bonds. The van der Waals surface area contributed by atoms with Crippen LogP contribution in [-0.2, 0) is 20.8 Å². The number of nitro benzene ring substituents is 1. The number of likely N-dealkylation sites (tertiary alicyclic amines) is 1. The van der Waals surface area contributed by atoms with Crippen molar-refractivity contribution >= 4 is 29.1 Å². The fourth-order valence-corrected chi connectivity index (χ4v) is 5.21. The highest BCUT2D eigenvalue weighted by Crippen LogP contribution is 2.60. The second-order valence-electron chi connectivity index (χ2n) is 9.66. The number of hydrogen-bond donors (Lipinski definition) is 1. The average molecular weight is 450 g/mol. The van der Waals surface area contributed by atoms with Crippen LogP contribution in [-0.4, -0.2) is 33.6 Å². The lowest BCUT2D eigenvalue weighted by Gasteiger charge is -2.49. The molecule has 1 heterocycles. The summed E-state index contributed by atoms with van der Waals surface area (Å²) in [5.41, 5.74) is -0.360. The van der Waals surface area contributed by atoms with Crippen molar-refractivity contribution in [2.24, 2.45) is 16.7 Å². The van der Waals surface area contributed by atoms with Crippen molar-refractivity contribution in [2.45, 2.75) is 46.1 Å². The molecule has 1 aliphatic carbocycles. The van der Waals surface area contributed by atoms with Gasteiger partial charge in [-0.1, -0.05) is 57.2 Å². The summed E-state index contributed by atoms with van der Waals surface area (Å²) in [6.07, 6.45) is 1.35. The number of carbonyl (C=O) groups is 3. The number of benzene rings is 2. The quantitative estimate of drug-likeness (QED) is 0.408. The van der Waals surface area contributed by atoms with Crippen molar-refractivity contribution in [1.82, 2.24) is 4.90 Å². The highest BCUT2D eigenvalue weighted by atomic mass is 16.6. The van der Waals surface area contributed by atoms with Gasteiger partial charge in [0.15, 0.2) is 0 Å². The Balaban J connectivity index is 1.70. The van der Waals surface area contributed by atoms with E-state index in [2.05, 4.69) is 5.32 Å². The van der Waals surface area contributed by atoms with Gasteiger partial charge >= 0.3 is 0 Å². The minimum absolute atomic E-state index is 0.155. The summed E-state index contributed by atoms with van der Waals surface area (Å²) in [5, 5.41) is 13.8. The maximum atomic E-state index is 13.7. The molecule has 1 saturated carbocycles. The smallest absolute Gasteiger partial charge is 0.271 e. The van der Waals surface area contributed by atoms with Gasteiger partial charge < -0.3 is 5.32 Å². The third kappa shape index (κ3) is 3.69. The number of rotatable bonds is 6. The number of piperidine rings is 1. The number of carbonyl (C=O) groups excluding carboxylic acids is 3. The first kappa shape index (κ1) is 22.6. The Hall–Kier alpha value is -3.55. The molecule has 0 aromatic heterocycles. The molecule has 3 unspecified atom stereocenters. The lowest BCUT2D eigenvalue weighted by atomic mass is 9.62. The number of nitro groups is 1. The van der Waals surface area contributed by atoms with E-state index in [0.29, 0.717) is 12.8 Å². The van der Waals surface area contributed by atoms with Gasteiger partial charge in [0.1, 0.15) is 6.04 Å². The van der Waals surface area contributed by atoms with Gasteiger partial charge in [0, 0.05) is 30.2 Å². The van der Waals surface area contributed by atoms with Crippen molar-refractivity contribution in [3.05, 3.63) is 70.3 Å². The largest absolute Gasteiger partial charge is 0.324 e. The van der Waals surface area contributed by atoms with Crippen LogP contribution in [0.4, 0.5) is 11.4 Å². The fraction of sp³-hybridized carbons (Fsp3) is 0.400. The van der Waals surface area contributed by atoms with Crippen LogP contribution in [0.25, 0.3) is 0 Å². The molecule has 2 fully saturated rings. The number of hydrogen-bond acceptors (Lipinski definition) is 5. The van der Waals surface area contributed by atoms with Crippen LogP contribution in [0.5, 0.6) is 0 Å². The third-order valence-corrected chi connectivity index (χ3v) is 7.66. The Morgan fingerprint density at radius 1 is 1.15 bits per heavy atom. The summed E-state index contributed by atoms with van der Waals surface area (Å²) >= 11 is 0. The van der Waals surface area contributed by atoms with Crippen molar-refractivity contribution in [3.8, 4) is 0 Å². The van der Waals surface area contributed by atoms with Gasteiger partial charge in [0.25, 0.3) is 5.69 Å². The molecule has 2 bridgehead atoms. The van der Waals surface area contributed by atoms with Crippen LogP contribution in [0, 0.1) is 26.9 Å². The van der Waals surface area contributed by atoms with Crippen LogP contribution < -0.4 is 5.32 Å². The van der Waals surface area contributed by atoms with Gasteiger partial charge in [-0.25, -0.2) is 0 Å². The average Bonchev–Trinajstić information content (AvgIpc) is 2.96. The molecule has 2 aromatic carbocycles. The fourth-order valence-electron chi connectivity index (χ4n) is 5.21. The first-order valence-electron chi connectivity index (χ1n) is 11.0. The third-order valence-electron chi connectivity index (χ3n) is 7.66. The molecule has 4 rings (SSSR count). The van der Waals surface area contributed by atoms with Crippen LogP contribution in [0.15, 0.2) is 54.6 Å². The summed E-state index contributed by atoms with van der Waals surface area (Å²) in [4.78, 5) is 52.4. The molecule has 1 N–H and O–H groups in total. The Labute approximate surface area is 192 Å². The first-order chi connectivity index (χ1) is 15.6. The second-order valence-corrected chi connectivity index (χ2v) is 9.66. The van der Waals surface area contributed by atoms with E-state index < -0.39 is 27.7 Å². The zero-order valence-electron chi connectivity index (χ0n) is 18.9. The van der Waals surface area contributed by atoms with E-state index in [9.17, 15) is 24.5 Å². The first-order valence-corrected chi connectivity index (χ1v) is 11.0. The second kappa shape index (κ2) is 8.10. The molecule has 8 heteroatoms. The predicted octanol–water partition coefficient (Wildman–Crippen LogP) is 3.96. The van der Waals surface area contributed by atoms with Gasteiger partial charge in [-0.3, -0.25) is 29.4 Å². The number of nitrogens with one attached hydrogen (secondary N) is 1. The van der Waals surface area contributed by atoms with Crippen LogP contribution in [0.3, 0.4) is 0 Å². The zero-order chi connectivity index (χ0) is 24.0. The molecule has 2 aliphatic rings. The Kier molecular flexibility index (Phi) is 5.56. The predicted molar refractivity (Wildman–Crippen MR) is 122 cm³/mol. The summed E-state index contributed by atoms with van der Waals surface area (Å²) in [6.45, 7) is 5.78. The van der Waals surface area contributed by atoms with E-state index >= 15 is 0 Å². The number of nitrogens with zero attached hydrogens (tertiary/aromatic N) is 2. The monoisotopic (exact) mass is 449 g/mol. The van der Waals surface area contributed by atoms with Gasteiger partial charge in [0.2, 0.25) is 17.7 Å². The van der Waals surface area contributed by atoms with E-state index in [1.165, 1.54) is 18.2 Å². The molecule has 3 atom stereocenters. The molecule has 0 radical (unpaired) electrons. The maximum Gasteiger partial charge on any atom is 0.271 e. The summed E-state index contributed by atoms with van der Waals surface area (Å²) in [5.74, 6) is -1.55. The highest BCUT2D eigenvalue weighted by molar-refractivity contribution is 6.09. The molecule has 172 valence electrons. The Morgan fingerprint density at radius 2 is 1.85 bits per heavy atom. The lowest BCUT2D eigenvalue weighted by Crippen LogP contribution is -2.64. The van der Waals surface area contributed by atoms with Gasteiger partial charge in [0.05, 0.1) is 10.3 Å². The summed E-state index contributed by atoms with van der Waals surface area (Å²) in [6, 6.07) is 13.7. The molecule has 1 saturated heterocycles.